The fraction of sp³-hybridized carbons (Fsp3) is 0.200. The molecule has 2 rings (SSSR count). The average molecular weight is 386 g/mol. The van der Waals surface area contributed by atoms with Crippen LogP contribution in [0.25, 0.3) is 0 Å². The monoisotopic (exact) mass is 385 g/mol. The SMILES string of the molecule is C=CCN1C(=O)/C(=C\N(C)C)SC1=NS(=O)(=O)c1ccc(Cl)cc1. The van der Waals surface area contributed by atoms with Crippen LogP contribution in [0.15, 0.2) is 57.3 Å². The summed E-state index contributed by atoms with van der Waals surface area (Å²) in [6, 6.07) is 5.69. The van der Waals surface area contributed by atoms with Gasteiger partial charge in [0.05, 0.1) is 9.80 Å². The van der Waals surface area contributed by atoms with Gasteiger partial charge in [0.1, 0.15) is 0 Å². The lowest BCUT2D eigenvalue weighted by molar-refractivity contribution is -0.121. The highest BCUT2D eigenvalue weighted by molar-refractivity contribution is 8.19. The molecular formula is C15H16ClN3O3S2. The number of nitrogens with zero attached hydrogens (tertiary/aromatic N) is 3. The van der Waals surface area contributed by atoms with E-state index in [-0.39, 0.29) is 22.5 Å². The summed E-state index contributed by atoms with van der Waals surface area (Å²) >= 11 is 6.78. The molecule has 0 saturated carbocycles. The van der Waals surface area contributed by atoms with Gasteiger partial charge < -0.3 is 4.90 Å². The van der Waals surface area contributed by atoms with E-state index in [1.165, 1.54) is 35.2 Å². The number of amides is 1. The normalized spacial score (nSPS) is 18.5. The molecule has 1 aliphatic heterocycles. The number of carbonyl (C=O) groups excluding carboxylic acids is 1. The Morgan fingerprint density at radius 2 is 1.96 bits per heavy atom. The maximum atomic E-state index is 12.4. The van der Waals surface area contributed by atoms with E-state index >= 15 is 0 Å². The number of hydrogen-bond donors (Lipinski definition) is 0. The number of hydrogen-bond acceptors (Lipinski definition) is 5. The van der Waals surface area contributed by atoms with Crippen LogP contribution in [0.4, 0.5) is 0 Å². The second-order valence-electron chi connectivity index (χ2n) is 5.07. The van der Waals surface area contributed by atoms with E-state index in [4.69, 9.17) is 11.6 Å². The predicted octanol–water partition coefficient (Wildman–Crippen LogP) is 2.55. The van der Waals surface area contributed by atoms with Crippen LogP contribution in [0.3, 0.4) is 0 Å². The molecule has 0 bridgehead atoms. The molecule has 1 fully saturated rings. The molecule has 0 aliphatic carbocycles. The van der Waals surface area contributed by atoms with Crippen LogP contribution in [0, 0.1) is 0 Å². The Kier molecular flexibility index (Phi) is 5.74. The Morgan fingerprint density at radius 1 is 1.33 bits per heavy atom. The first kappa shape index (κ1) is 18.6. The van der Waals surface area contributed by atoms with Gasteiger partial charge in [0.2, 0.25) is 0 Å². The minimum absolute atomic E-state index is 0.0102. The zero-order chi connectivity index (χ0) is 17.9. The topological polar surface area (TPSA) is 70.1 Å². The molecule has 0 atom stereocenters. The standard InChI is InChI=1S/C15H16ClN3O3S2/c1-4-9-19-14(20)13(10-18(2)3)23-15(19)17-24(21,22)12-7-5-11(16)6-8-12/h4-8,10H,1,9H2,2-3H3/b13-10+,17-15?. The summed E-state index contributed by atoms with van der Waals surface area (Å²) in [6.45, 7) is 3.76. The third-order valence-corrected chi connectivity index (χ3v) is 5.53. The maximum absolute atomic E-state index is 12.4. The lowest BCUT2D eigenvalue weighted by Gasteiger charge is -2.12. The van der Waals surface area contributed by atoms with Crippen LogP contribution >= 0.6 is 23.4 Å². The number of carbonyl (C=O) groups is 1. The quantitative estimate of drug-likeness (QED) is 0.575. The first-order chi connectivity index (χ1) is 11.2. The molecule has 1 amide bonds. The van der Waals surface area contributed by atoms with E-state index in [9.17, 15) is 13.2 Å². The Labute approximate surface area is 150 Å². The molecular weight excluding hydrogens is 370 g/mol. The van der Waals surface area contributed by atoms with Gasteiger partial charge in [-0.05, 0) is 36.0 Å². The van der Waals surface area contributed by atoms with Crippen molar-refractivity contribution in [2.45, 2.75) is 4.90 Å². The Morgan fingerprint density at radius 3 is 2.50 bits per heavy atom. The molecule has 0 spiro atoms. The van der Waals surface area contributed by atoms with Crippen LogP contribution in [0.2, 0.25) is 5.02 Å². The van der Waals surface area contributed by atoms with Gasteiger partial charge in [-0.1, -0.05) is 17.7 Å². The molecule has 0 N–H and O–H groups in total. The van der Waals surface area contributed by atoms with Gasteiger partial charge >= 0.3 is 0 Å². The lowest BCUT2D eigenvalue weighted by Crippen LogP contribution is -2.30. The van der Waals surface area contributed by atoms with Crippen molar-refractivity contribution in [1.82, 2.24) is 9.80 Å². The van der Waals surface area contributed by atoms with Crippen LogP contribution in [-0.4, -0.2) is 49.9 Å². The van der Waals surface area contributed by atoms with Gasteiger partial charge in [-0.3, -0.25) is 9.69 Å². The third-order valence-electron chi connectivity index (χ3n) is 2.88. The fourth-order valence-electron chi connectivity index (χ4n) is 1.85. The second-order valence-corrected chi connectivity index (χ2v) is 8.12. The molecule has 1 aromatic carbocycles. The van der Waals surface area contributed by atoms with Crippen molar-refractivity contribution >= 4 is 44.5 Å². The minimum atomic E-state index is -3.95. The molecule has 1 aromatic rings. The first-order valence-corrected chi connectivity index (χ1v) is 9.47. The molecule has 1 aliphatic rings. The molecule has 0 aromatic heterocycles. The summed E-state index contributed by atoms with van der Waals surface area (Å²) in [4.78, 5) is 15.8. The zero-order valence-electron chi connectivity index (χ0n) is 13.1. The number of rotatable bonds is 5. The van der Waals surface area contributed by atoms with Crippen LogP contribution in [-0.2, 0) is 14.8 Å². The zero-order valence-corrected chi connectivity index (χ0v) is 15.5. The van der Waals surface area contributed by atoms with Gasteiger partial charge in [-0.15, -0.1) is 11.0 Å². The van der Waals surface area contributed by atoms with Gasteiger partial charge in [0.15, 0.2) is 5.17 Å². The summed E-state index contributed by atoms with van der Waals surface area (Å²) in [5, 5.41) is 0.527. The smallest absolute Gasteiger partial charge is 0.284 e. The molecule has 1 heterocycles. The van der Waals surface area contributed by atoms with E-state index < -0.39 is 10.0 Å². The van der Waals surface area contributed by atoms with Crippen molar-refractivity contribution in [3.8, 4) is 0 Å². The highest BCUT2D eigenvalue weighted by Crippen LogP contribution is 2.32. The number of amidine groups is 1. The summed E-state index contributed by atoms with van der Waals surface area (Å²) in [5.41, 5.74) is 0. The fourth-order valence-corrected chi connectivity index (χ4v) is 4.24. The summed E-state index contributed by atoms with van der Waals surface area (Å²) < 4.78 is 28.7. The molecule has 1 saturated heterocycles. The Balaban J connectivity index is 2.43. The maximum Gasteiger partial charge on any atom is 0.284 e. The van der Waals surface area contributed by atoms with Gasteiger partial charge in [0.25, 0.3) is 15.9 Å². The number of sulfonamides is 1. The van der Waals surface area contributed by atoms with Crippen LogP contribution < -0.4 is 0 Å². The second kappa shape index (κ2) is 7.42. The molecule has 9 heteroatoms. The highest BCUT2D eigenvalue weighted by Gasteiger charge is 2.34. The van der Waals surface area contributed by atoms with E-state index in [1.54, 1.807) is 25.2 Å². The summed E-state index contributed by atoms with van der Waals surface area (Å²) in [6.07, 6.45) is 3.14. The van der Waals surface area contributed by atoms with Crippen molar-refractivity contribution in [1.29, 1.82) is 0 Å². The van der Waals surface area contributed by atoms with Gasteiger partial charge in [0, 0.05) is 31.9 Å². The Bertz CT molecular complexity index is 815. The minimum Gasteiger partial charge on any atom is -0.382 e. The molecule has 6 nitrogen and oxygen atoms in total. The molecule has 24 heavy (non-hydrogen) atoms. The average Bonchev–Trinajstić information content (AvgIpc) is 2.75. The third kappa shape index (κ3) is 4.19. The van der Waals surface area contributed by atoms with E-state index in [0.717, 1.165) is 11.8 Å². The van der Waals surface area contributed by atoms with Crippen molar-refractivity contribution in [2.24, 2.45) is 4.40 Å². The van der Waals surface area contributed by atoms with E-state index in [1.807, 2.05) is 0 Å². The largest absolute Gasteiger partial charge is 0.382 e. The van der Waals surface area contributed by atoms with E-state index in [2.05, 4.69) is 11.0 Å². The number of thioether (sulfide) groups is 1. The van der Waals surface area contributed by atoms with Gasteiger partial charge in [-0.2, -0.15) is 8.42 Å². The van der Waals surface area contributed by atoms with Crippen molar-refractivity contribution in [3.05, 3.63) is 53.0 Å². The first-order valence-electron chi connectivity index (χ1n) is 6.84. The van der Waals surface area contributed by atoms with Gasteiger partial charge in [-0.25, -0.2) is 0 Å². The number of benzene rings is 1. The number of halogens is 1. The summed E-state index contributed by atoms with van der Waals surface area (Å²) in [7, 11) is -0.395. The van der Waals surface area contributed by atoms with Crippen molar-refractivity contribution in [3.63, 3.8) is 0 Å². The molecule has 0 unspecified atom stereocenters. The highest BCUT2D eigenvalue weighted by atomic mass is 35.5. The lowest BCUT2D eigenvalue weighted by atomic mass is 10.4. The van der Waals surface area contributed by atoms with Crippen molar-refractivity contribution in [2.75, 3.05) is 20.6 Å². The van der Waals surface area contributed by atoms with Crippen LogP contribution in [0.1, 0.15) is 0 Å². The molecule has 128 valence electrons. The summed E-state index contributed by atoms with van der Waals surface area (Å²) in [5.74, 6) is -0.307. The van der Waals surface area contributed by atoms with Crippen LogP contribution in [0.5, 0.6) is 0 Å². The predicted molar refractivity (Wildman–Crippen MR) is 97.3 cm³/mol. The Hall–Kier alpha value is -1.77. The van der Waals surface area contributed by atoms with Crippen molar-refractivity contribution < 1.29 is 13.2 Å². The van der Waals surface area contributed by atoms with E-state index in [0.29, 0.717) is 9.93 Å². The molecule has 0 radical (unpaired) electrons.